The monoisotopic (exact) mass is 271 g/mol. The van der Waals surface area contributed by atoms with Crippen LogP contribution in [-0.2, 0) is 6.42 Å². The summed E-state index contributed by atoms with van der Waals surface area (Å²) in [7, 11) is 0. The SMILES string of the molecule is NCCc1cccc(-c2nc3ccc(Cl)cc3[nH]2)c1. The highest BCUT2D eigenvalue weighted by molar-refractivity contribution is 6.31. The second-order valence-corrected chi connectivity index (χ2v) is 4.92. The molecule has 2 aromatic carbocycles. The number of aromatic nitrogens is 2. The Bertz CT molecular complexity index is 718. The molecule has 0 spiro atoms. The molecule has 1 heterocycles. The van der Waals surface area contributed by atoms with Gasteiger partial charge in [-0.1, -0.05) is 29.8 Å². The summed E-state index contributed by atoms with van der Waals surface area (Å²) in [6.07, 6.45) is 0.875. The van der Waals surface area contributed by atoms with Crippen molar-refractivity contribution in [1.29, 1.82) is 0 Å². The fourth-order valence-corrected chi connectivity index (χ4v) is 2.33. The van der Waals surface area contributed by atoms with Crippen LogP contribution in [0.1, 0.15) is 5.56 Å². The molecule has 0 aliphatic rings. The molecule has 0 radical (unpaired) electrons. The zero-order valence-electron chi connectivity index (χ0n) is 10.4. The number of hydrogen-bond acceptors (Lipinski definition) is 2. The van der Waals surface area contributed by atoms with E-state index in [1.165, 1.54) is 5.56 Å². The summed E-state index contributed by atoms with van der Waals surface area (Å²) < 4.78 is 0. The van der Waals surface area contributed by atoms with E-state index in [0.717, 1.165) is 28.8 Å². The summed E-state index contributed by atoms with van der Waals surface area (Å²) in [6, 6.07) is 13.9. The average Bonchev–Trinajstić information content (AvgIpc) is 2.82. The van der Waals surface area contributed by atoms with Crippen molar-refractivity contribution in [1.82, 2.24) is 9.97 Å². The van der Waals surface area contributed by atoms with Crippen LogP contribution in [0.5, 0.6) is 0 Å². The quantitative estimate of drug-likeness (QED) is 0.767. The van der Waals surface area contributed by atoms with E-state index in [4.69, 9.17) is 17.3 Å². The van der Waals surface area contributed by atoms with Crippen molar-refractivity contribution in [2.45, 2.75) is 6.42 Å². The summed E-state index contributed by atoms with van der Waals surface area (Å²) in [6.45, 7) is 0.652. The minimum atomic E-state index is 0.652. The lowest BCUT2D eigenvalue weighted by Crippen LogP contribution is -2.02. The molecule has 0 unspecified atom stereocenters. The summed E-state index contributed by atoms with van der Waals surface area (Å²) in [4.78, 5) is 7.88. The standard InChI is InChI=1S/C15H14ClN3/c16-12-4-5-13-14(9-12)19-15(18-13)11-3-1-2-10(8-11)6-7-17/h1-5,8-9H,6-7,17H2,(H,18,19). The van der Waals surface area contributed by atoms with Gasteiger partial charge in [-0.3, -0.25) is 0 Å². The average molecular weight is 272 g/mol. The Balaban J connectivity index is 2.05. The lowest BCUT2D eigenvalue weighted by molar-refractivity contribution is 0.969. The van der Waals surface area contributed by atoms with Gasteiger partial charge in [-0.25, -0.2) is 4.98 Å². The number of halogens is 1. The normalized spacial score (nSPS) is 11.1. The molecule has 3 nitrogen and oxygen atoms in total. The van der Waals surface area contributed by atoms with Crippen LogP contribution in [0.25, 0.3) is 22.4 Å². The number of aromatic amines is 1. The van der Waals surface area contributed by atoms with Crippen molar-refractivity contribution in [3.8, 4) is 11.4 Å². The number of rotatable bonds is 3. The van der Waals surface area contributed by atoms with Crippen molar-refractivity contribution in [3.05, 3.63) is 53.1 Å². The largest absolute Gasteiger partial charge is 0.338 e. The van der Waals surface area contributed by atoms with Gasteiger partial charge in [0.15, 0.2) is 0 Å². The first kappa shape index (κ1) is 12.2. The van der Waals surface area contributed by atoms with E-state index in [2.05, 4.69) is 22.1 Å². The van der Waals surface area contributed by atoms with Crippen molar-refractivity contribution in [2.24, 2.45) is 5.73 Å². The summed E-state index contributed by atoms with van der Waals surface area (Å²) in [5, 5.41) is 0.708. The molecule has 0 aliphatic carbocycles. The van der Waals surface area contributed by atoms with Gasteiger partial charge in [0.05, 0.1) is 11.0 Å². The van der Waals surface area contributed by atoms with E-state index in [1.54, 1.807) is 0 Å². The molecule has 3 aromatic rings. The predicted molar refractivity (Wildman–Crippen MR) is 79.3 cm³/mol. The molecule has 0 atom stereocenters. The Morgan fingerprint density at radius 1 is 1.16 bits per heavy atom. The van der Waals surface area contributed by atoms with Crippen LogP contribution in [0.3, 0.4) is 0 Å². The van der Waals surface area contributed by atoms with Gasteiger partial charge < -0.3 is 10.7 Å². The molecule has 0 amide bonds. The third kappa shape index (κ3) is 2.48. The zero-order valence-corrected chi connectivity index (χ0v) is 11.1. The maximum Gasteiger partial charge on any atom is 0.138 e. The van der Waals surface area contributed by atoms with Crippen LogP contribution in [0.15, 0.2) is 42.5 Å². The first-order chi connectivity index (χ1) is 9.26. The number of nitrogens with two attached hydrogens (primary N) is 1. The second kappa shape index (κ2) is 5.03. The van der Waals surface area contributed by atoms with Gasteiger partial charge in [0.2, 0.25) is 0 Å². The summed E-state index contributed by atoms with van der Waals surface area (Å²) in [5.41, 5.74) is 9.75. The Hall–Kier alpha value is -1.84. The van der Waals surface area contributed by atoms with Crippen LogP contribution >= 0.6 is 11.6 Å². The van der Waals surface area contributed by atoms with E-state index in [1.807, 2.05) is 30.3 Å². The van der Waals surface area contributed by atoms with E-state index < -0.39 is 0 Å². The van der Waals surface area contributed by atoms with Gasteiger partial charge in [0.25, 0.3) is 0 Å². The maximum absolute atomic E-state index is 5.98. The summed E-state index contributed by atoms with van der Waals surface area (Å²) in [5.74, 6) is 0.858. The minimum absolute atomic E-state index is 0.652. The van der Waals surface area contributed by atoms with Crippen molar-refractivity contribution < 1.29 is 0 Å². The van der Waals surface area contributed by atoms with Crippen LogP contribution in [0.4, 0.5) is 0 Å². The minimum Gasteiger partial charge on any atom is -0.338 e. The molecule has 3 rings (SSSR count). The highest BCUT2D eigenvalue weighted by Gasteiger charge is 2.06. The molecule has 1 aromatic heterocycles. The fourth-order valence-electron chi connectivity index (χ4n) is 2.16. The zero-order chi connectivity index (χ0) is 13.2. The van der Waals surface area contributed by atoms with Crippen molar-refractivity contribution in [3.63, 3.8) is 0 Å². The van der Waals surface area contributed by atoms with Gasteiger partial charge in [0.1, 0.15) is 5.82 Å². The number of hydrogen-bond donors (Lipinski definition) is 2. The van der Waals surface area contributed by atoms with E-state index in [0.29, 0.717) is 11.6 Å². The molecule has 0 fully saturated rings. The second-order valence-electron chi connectivity index (χ2n) is 4.49. The van der Waals surface area contributed by atoms with Gasteiger partial charge >= 0.3 is 0 Å². The number of imidazole rings is 1. The van der Waals surface area contributed by atoms with Gasteiger partial charge in [-0.2, -0.15) is 0 Å². The number of fused-ring (bicyclic) bond motifs is 1. The van der Waals surface area contributed by atoms with Gasteiger partial charge in [0, 0.05) is 10.6 Å². The van der Waals surface area contributed by atoms with Crippen molar-refractivity contribution >= 4 is 22.6 Å². The molecule has 0 saturated carbocycles. The molecule has 19 heavy (non-hydrogen) atoms. The Kier molecular flexibility index (Phi) is 3.23. The molecule has 0 saturated heterocycles. The van der Waals surface area contributed by atoms with Crippen LogP contribution in [0.2, 0.25) is 5.02 Å². The van der Waals surface area contributed by atoms with Gasteiger partial charge in [-0.05, 0) is 42.8 Å². The molecule has 0 aliphatic heterocycles. The highest BCUT2D eigenvalue weighted by Crippen LogP contribution is 2.23. The van der Waals surface area contributed by atoms with Crippen LogP contribution < -0.4 is 5.73 Å². The smallest absolute Gasteiger partial charge is 0.138 e. The summed E-state index contributed by atoms with van der Waals surface area (Å²) >= 11 is 5.98. The van der Waals surface area contributed by atoms with E-state index in [-0.39, 0.29) is 0 Å². The maximum atomic E-state index is 5.98. The lowest BCUT2D eigenvalue weighted by Gasteiger charge is -2.01. The van der Waals surface area contributed by atoms with E-state index >= 15 is 0 Å². The van der Waals surface area contributed by atoms with E-state index in [9.17, 15) is 0 Å². The Morgan fingerprint density at radius 2 is 2.05 bits per heavy atom. The third-order valence-electron chi connectivity index (χ3n) is 3.08. The van der Waals surface area contributed by atoms with Gasteiger partial charge in [-0.15, -0.1) is 0 Å². The Labute approximate surface area is 116 Å². The molecule has 96 valence electrons. The molecule has 3 N–H and O–H groups in total. The molecular weight excluding hydrogens is 258 g/mol. The first-order valence-corrected chi connectivity index (χ1v) is 6.59. The first-order valence-electron chi connectivity index (χ1n) is 6.21. The Morgan fingerprint density at radius 3 is 2.89 bits per heavy atom. The van der Waals surface area contributed by atoms with Crippen LogP contribution in [0, 0.1) is 0 Å². The van der Waals surface area contributed by atoms with Crippen LogP contribution in [-0.4, -0.2) is 16.5 Å². The fraction of sp³-hybridized carbons (Fsp3) is 0.133. The number of H-pyrrole nitrogens is 1. The lowest BCUT2D eigenvalue weighted by atomic mass is 10.1. The van der Waals surface area contributed by atoms with Crippen molar-refractivity contribution in [2.75, 3.05) is 6.54 Å². The third-order valence-corrected chi connectivity index (χ3v) is 3.31. The highest BCUT2D eigenvalue weighted by atomic mass is 35.5. The molecular formula is C15H14ClN3. The molecule has 0 bridgehead atoms. The number of benzene rings is 2. The predicted octanol–water partition coefficient (Wildman–Crippen LogP) is 3.38. The topological polar surface area (TPSA) is 54.7 Å². The number of nitrogens with one attached hydrogen (secondary N) is 1. The number of nitrogens with zero attached hydrogens (tertiary/aromatic N) is 1. The molecule has 4 heteroatoms.